The predicted molar refractivity (Wildman–Crippen MR) is 124 cm³/mol. The summed E-state index contributed by atoms with van der Waals surface area (Å²) in [6.07, 6.45) is 26.9. The first-order valence-electron chi connectivity index (χ1n) is 12.9. The molecule has 0 N–H and O–H groups in total. The minimum atomic E-state index is 0.0162. The van der Waals surface area contributed by atoms with Crippen LogP contribution in [0.2, 0.25) is 0 Å². The number of hydrogen-bond donors (Lipinski definition) is 0. The normalized spacial score (nSPS) is 12.2. The van der Waals surface area contributed by atoms with E-state index < -0.39 is 0 Å². The lowest BCUT2D eigenvalue weighted by Gasteiger charge is -2.13. The maximum Gasteiger partial charge on any atom is 0.306 e. The molecule has 0 heterocycles. The molecule has 1 unspecified atom stereocenters. The highest BCUT2D eigenvalue weighted by atomic mass is 16.5. The summed E-state index contributed by atoms with van der Waals surface area (Å²) >= 11 is 0. The van der Waals surface area contributed by atoms with E-state index in [-0.39, 0.29) is 12.1 Å². The molecule has 1 atom stereocenters. The van der Waals surface area contributed by atoms with Crippen LogP contribution in [0.1, 0.15) is 156 Å². The Hall–Kier alpha value is -0.530. The zero-order chi connectivity index (χ0) is 20.7. The number of unbranched alkanes of at least 4 members (excludes halogenated alkanes) is 17. The van der Waals surface area contributed by atoms with Crippen molar-refractivity contribution in [2.24, 2.45) is 0 Å². The summed E-state index contributed by atoms with van der Waals surface area (Å²) in [7, 11) is 0. The van der Waals surface area contributed by atoms with Crippen molar-refractivity contribution < 1.29 is 9.53 Å². The second-order valence-electron chi connectivity index (χ2n) is 8.85. The first kappa shape index (κ1) is 27.5. The number of carbonyl (C=O) groups is 1. The standard InChI is InChI=1S/C26H52O2/c1-4-6-8-10-12-14-16-17-19-21-23-25(3)28-26(27)24-22-20-18-15-13-11-9-7-5-2/h25H,4-24H2,1-3H3. The number of carbonyl (C=O) groups excluding carboxylic acids is 1. The smallest absolute Gasteiger partial charge is 0.306 e. The minimum Gasteiger partial charge on any atom is -0.463 e. The van der Waals surface area contributed by atoms with Crippen LogP contribution >= 0.6 is 0 Å². The third-order valence-electron chi connectivity index (χ3n) is 5.78. The number of esters is 1. The molecule has 0 rings (SSSR count). The van der Waals surface area contributed by atoms with Crippen molar-refractivity contribution in [2.75, 3.05) is 0 Å². The molecular formula is C26H52O2. The van der Waals surface area contributed by atoms with Crippen molar-refractivity contribution in [3.05, 3.63) is 0 Å². The molecular weight excluding hydrogens is 344 g/mol. The number of ether oxygens (including phenoxy) is 1. The topological polar surface area (TPSA) is 26.3 Å². The van der Waals surface area contributed by atoms with Gasteiger partial charge in [-0.15, -0.1) is 0 Å². The molecule has 28 heavy (non-hydrogen) atoms. The number of hydrogen-bond acceptors (Lipinski definition) is 2. The number of rotatable bonds is 22. The van der Waals surface area contributed by atoms with E-state index in [1.54, 1.807) is 0 Å². The van der Waals surface area contributed by atoms with Gasteiger partial charge in [-0.25, -0.2) is 0 Å². The largest absolute Gasteiger partial charge is 0.463 e. The van der Waals surface area contributed by atoms with Gasteiger partial charge >= 0.3 is 5.97 Å². The van der Waals surface area contributed by atoms with Crippen LogP contribution in [0.5, 0.6) is 0 Å². The highest BCUT2D eigenvalue weighted by Crippen LogP contribution is 2.14. The van der Waals surface area contributed by atoms with E-state index in [9.17, 15) is 4.79 Å². The molecule has 0 aliphatic rings. The molecule has 0 saturated carbocycles. The molecule has 0 fully saturated rings. The van der Waals surface area contributed by atoms with Gasteiger partial charge in [-0.2, -0.15) is 0 Å². The highest BCUT2D eigenvalue weighted by molar-refractivity contribution is 5.69. The lowest BCUT2D eigenvalue weighted by atomic mass is 10.0. The summed E-state index contributed by atoms with van der Waals surface area (Å²) in [6, 6.07) is 0. The third kappa shape index (κ3) is 21.8. The second kappa shape index (κ2) is 22.8. The first-order chi connectivity index (χ1) is 13.7. The average Bonchev–Trinajstić information content (AvgIpc) is 2.68. The summed E-state index contributed by atoms with van der Waals surface area (Å²) in [4.78, 5) is 11.9. The molecule has 0 saturated heterocycles. The van der Waals surface area contributed by atoms with Crippen LogP contribution in [0.15, 0.2) is 0 Å². The van der Waals surface area contributed by atoms with E-state index in [1.807, 2.05) is 0 Å². The van der Waals surface area contributed by atoms with Gasteiger partial charge < -0.3 is 4.74 Å². The molecule has 168 valence electrons. The van der Waals surface area contributed by atoms with Gasteiger partial charge in [0.25, 0.3) is 0 Å². The molecule has 2 heteroatoms. The van der Waals surface area contributed by atoms with Gasteiger partial charge in [0.15, 0.2) is 0 Å². The molecule has 0 aromatic rings. The molecule has 0 radical (unpaired) electrons. The second-order valence-corrected chi connectivity index (χ2v) is 8.85. The molecule has 2 nitrogen and oxygen atoms in total. The maximum absolute atomic E-state index is 11.9. The van der Waals surface area contributed by atoms with Crippen LogP contribution in [0.4, 0.5) is 0 Å². The Morgan fingerprint density at radius 2 is 0.929 bits per heavy atom. The average molecular weight is 397 g/mol. The molecule has 0 aliphatic carbocycles. The van der Waals surface area contributed by atoms with Gasteiger partial charge in [0.05, 0.1) is 6.10 Å². The predicted octanol–water partition coefficient (Wildman–Crippen LogP) is 9.15. The van der Waals surface area contributed by atoms with Crippen molar-refractivity contribution in [1.29, 1.82) is 0 Å². The zero-order valence-corrected chi connectivity index (χ0v) is 19.7. The lowest BCUT2D eigenvalue weighted by Crippen LogP contribution is -2.14. The molecule has 0 aromatic heterocycles. The maximum atomic E-state index is 11.9. The van der Waals surface area contributed by atoms with Gasteiger partial charge in [-0.3, -0.25) is 4.79 Å². The molecule has 0 aliphatic heterocycles. The van der Waals surface area contributed by atoms with Crippen LogP contribution < -0.4 is 0 Å². The van der Waals surface area contributed by atoms with E-state index in [0.29, 0.717) is 6.42 Å². The monoisotopic (exact) mass is 396 g/mol. The van der Waals surface area contributed by atoms with E-state index in [2.05, 4.69) is 20.8 Å². The van der Waals surface area contributed by atoms with Crippen molar-refractivity contribution >= 4 is 5.97 Å². The molecule has 0 aromatic carbocycles. The molecule has 0 bridgehead atoms. The van der Waals surface area contributed by atoms with Crippen LogP contribution in [0, 0.1) is 0 Å². The summed E-state index contributed by atoms with van der Waals surface area (Å²) in [5, 5.41) is 0. The van der Waals surface area contributed by atoms with Crippen LogP contribution in [-0.2, 0) is 9.53 Å². The first-order valence-corrected chi connectivity index (χ1v) is 12.9. The van der Waals surface area contributed by atoms with E-state index in [4.69, 9.17) is 4.74 Å². The van der Waals surface area contributed by atoms with E-state index in [1.165, 1.54) is 116 Å². The summed E-state index contributed by atoms with van der Waals surface area (Å²) in [6.45, 7) is 6.59. The van der Waals surface area contributed by atoms with Gasteiger partial charge in [0, 0.05) is 6.42 Å². The van der Waals surface area contributed by atoms with Crippen molar-refractivity contribution in [1.82, 2.24) is 0 Å². The lowest BCUT2D eigenvalue weighted by molar-refractivity contribution is -0.148. The van der Waals surface area contributed by atoms with Gasteiger partial charge in [0.2, 0.25) is 0 Å². The van der Waals surface area contributed by atoms with Crippen LogP contribution in [-0.4, -0.2) is 12.1 Å². The summed E-state index contributed by atoms with van der Waals surface area (Å²) in [5.74, 6) is 0.0162. The fourth-order valence-corrected chi connectivity index (χ4v) is 3.84. The Morgan fingerprint density at radius 1 is 0.571 bits per heavy atom. The van der Waals surface area contributed by atoms with Crippen LogP contribution in [0.3, 0.4) is 0 Å². The third-order valence-corrected chi connectivity index (χ3v) is 5.78. The SMILES string of the molecule is CCCCCCCCCCCCC(C)OC(=O)CCCCCCCCCCC. The Morgan fingerprint density at radius 3 is 1.36 bits per heavy atom. The quantitative estimate of drug-likeness (QED) is 0.135. The van der Waals surface area contributed by atoms with Crippen molar-refractivity contribution in [3.8, 4) is 0 Å². The summed E-state index contributed by atoms with van der Waals surface area (Å²) < 4.78 is 5.57. The Labute approximate surface area is 177 Å². The fraction of sp³-hybridized carbons (Fsp3) is 0.962. The molecule has 0 amide bonds. The highest BCUT2D eigenvalue weighted by Gasteiger charge is 2.09. The van der Waals surface area contributed by atoms with Gasteiger partial charge in [-0.1, -0.05) is 123 Å². The minimum absolute atomic E-state index is 0.0162. The van der Waals surface area contributed by atoms with Crippen LogP contribution in [0.25, 0.3) is 0 Å². The van der Waals surface area contributed by atoms with E-state index >= 15 is 0 Å². The van der Waals surface area contributed by atoms with Gasteiger partial charge in [-0.05, 0) is 26.2 Å². The van der Waals surface area contributed by atoms with Crippen molar-refractivity contribution in [2.45, 2.75) is 162 Å². The Balaban J connectivity index is 3.31. The fourth-order valence-electron chi connectivity index (χ4n) is 3.84. The zero-order valence-electron chi connectivity index (χ0n) is 19.7. The Bertz CT molecular complexity index is 314. The van der Waals surface area contributed by atoms with E-state index in [0.717, 1.165) is 12.8 Å². The summed E-state index contributed by atoms with van der Waals surface area (Å²) in [5.41, 5.74) is 0. The Kier molecular flexibility index (Phi) is 22.3. The van der Waals surface area contributed by atoms with Crippen molar-refractivity contribution in [3.63, 3.8) is 0 Å². The molecule has 0 spiro atoms. The van der Waals surface area contributed by atoms with Gasteiger partial charge in [0.1, 0.15) is 0 Å².